The van der Waals surface area contributed by atoms with Crippen LogP contribution >= 0.6 is 0 Å². The van der Waals surface area contributed by atoms with Gasteiger partial charge in [0.25, 0.3) is 0 Å². The summed E-state index contributed by atoms with van der Waals surface area (Å²) >= 11 is 0. The standard InChI is InChI=1S/C29H30N4O3/c1-31(23-15-9-4-10-16-23)29(36)32-19-25-26(17-24(32)20-34)33(18-21-11-5-2-6-12-21)28(30-25)27(35)22-13-7-3-8-14-22/h2-16,24,27,34-35H,17-20H2,1H3/t24-,27?/m0/s1. The molecule has 1 aliphatic heterocycles. The SMILES string of the molecule is CN(C(=O)N1Cc2nc(C(O)c3ccccc3)n(Cc3ccccc3)c2C[C@H]1CO)c1ccccc1. The summed E-state index contributed by atoms with van der Waals surface area (Å²) in [4.78, 5) is 21.6. The van der Waals surface area contributed by atoms with Gasteiger partial charge in [0, 0.05) is 31.4 Å². The summed E-state index contributed by atoms with van der Waals surface area (Å²) < 4.78 is 2.05. The van der Waals surface area contributed by atoms with Crippen molar-refractivity contribution >= 4 is 11.7 Å². The largest absolute Gasteiger partial charge is 0.394 e. The van der Waals surface area contributed by atoms with Gasteiger partial charge in [-0.1, -0.05) is 78.9 Å². The van der Waals surface area contributed by atoms with Crippen LogP contribution in [0.3, 0.4) is 0 Å². The Hall–Kier alpha value is -3.94. The number of aliphatic hydroxyl groups excluding tert-OH is 2. The van der Waals surface area contributed by atoms with Crippen molar-refractivity contribution in [3.63, 3.8) is 0 Å². The molecule has 5 rings (SSSR count). The second-order valence-corrected chi connectivity index (χ2v) is 9.09. The van der Waals surface area contributed by atoms with Gasteiger partial charge in [-0.05, 0) is 23.3 Å². The summed E-state index contributed by atoms with van der Waals surface area (Å²) in [7, 11) is 1.74. The number of benzene rings is 3. The molecule has 0 spiro atoms. The molecule has 1 aliphatic rings. The minimum absolute atomic E-state index is 0.166. The Morgan fingerprint density at radius 1 is 1.00 bits per heavy atom. The van der Waals surface area contributed by atoms with E-state index in [0.29, 0.717) is 18.8 Å². The Balaban J connectivity index is 1.52. The van der Waals surface area contributed by atoms with Crippen LogP contribution in [0.5, 0.6) is 0 Å². The maximum atomic E-state index is 13.5. The highest BCUT2D eigenvalue weighted by Crippen LogP contribution is 2.31. The number of para-hydroxylation sites is 1. The van der Waals surface area contributed by atoms with Crippen molar-refractivity contribution in [2.45, 2.75) is 31.7 Å². The number of aromatic nitrogens is 2. The van der Waals surface area contributed by atoms with Gasteiger partial charge in [-0.25, -0.2) is 9.78 Å². The van der Waals surface area contributed by atoms with Crippen molar-refractivity contribution in [2.24, 2.45) is 0 Å². The monoisotopic (exact) mass is 482 g/mol. The second kappa shape index (κ2) is 10.4. The summed E-state index contributed by atoms with van der Waals surface area (Å²) in [6, 6.07) is 28.3. The van der Waals surface area contributed by atoms with E-state index in [9.17, 15) is 15.0 Å². The molecule has 7 nitrogen and oxygen atoms in total. The van der Waals surface area contributed by atoms with Crippen molar-refractivity contribution in [3.05, 3.63) is 119 Å². The van der Waals surface area contributed by atoms with Crippen LogP contribution in [0.25, 0.3) is 0 Å². The van der Waals surface area contributed by atoms with E-state index in [1.54, 1.807) is 16.8 Å². The van der Waals surface area contributed by atoms with E-state index in [0.717, 1.165) is 28.2 Å². The maximum absolute atomic E-state index is 13.5. The average molecular weight is 483 g/mol. The zero-order valence-corrected chi connectivity index (χ0v) is 20.2. The van der Waals surface area contributed by atoms with Crippen molar-refractivity contribution in [3.8, 4) is 0 Å². The third-order valence-corrected chi connectivity index (χ3v) is 6.81. The molecule has 2 N–H and O–H groups in total. The highest BCUT2D eigenvalue weighted by molar-refractivity contribution is 5.91. The smallest absolute Gasteiger partial charge is 0.324 e. The first-order valence-electron chi connectivity index (χ1n) is 12.1. The second-order valence-electron chi connectivity index (χ2n) is 9.09. The van der Waals surface area contributed by atoms with Crippen molar-refractivity contribution in [1.82, 2.24) is 14.5 Å². The van der Waals surface area contributed by atoms with E-state index < -0.39 is 12.1 Å². The number of carbonyl (C=O) groups excluding carboxylic acids is 1. The molecule has 7 heteroatoms. The number of aliphatic hydroxyl groups is 2. The van der Waals surface area contributed by atoms with Gasteiger partial charge in [0.05, 0.1) is 24.9 Å². The van der Waals surface area contributed by atoms with Gasteiger partial charge in [-0.15, -0.1) is 0 Å². The molecular formula is C29H30N4O3. The molecule has 36 heavy (non-hydrogen) atoms. The number of hydrogen-bond acceptors (Lipinski definition) is 4. The number of urea groups is 1. The number of nitrogens with zero attached hydrogens (tertiary/aromatic N) is 4. The summed E-state index contributed by atoms with van der Waals surface area (Å²) in [5.74, 6) is 0.539. The molecule has 1 aromatic heterocycles. The Kier molecular flexibility index (Phi) is 6.84. The lowest BCUT2D eigenvalue weighted by atomic mass is 10.0. The molecule has 0 aliphatic carbocycles. The lowest BCUT2D eigenvalue weighted by Gasteiger charge is -2.37. The molecule has 184 valence electrons. The van der Waals surface area contributed by atoms with E-state index in [1.165, 1.54) is 0 Å². The number of imidazole rings is 1. The molecule has 2 amide bonds. The van der Waals surface area contributed by atoms with Crippen LogP contribution in [-0.2, 0) is 19.5 Å². The summed E-state index contributed by atoms with van der Waals surface area (Å²) in [6.07, 6.45) is -0.467. The number of rotatable bonds is 6. The number of hydrogen-bond donors (Lipinski definition) is 2. The normalized spacial score (nSPS) is 15.9. The highest BCUT2D eigenvalue weighted by atomic mass is 16.3. The lowest BCUT2D eigenvalue weighted by molar-refractivity contribution is 0.123. The first kappa shape index (κ1) is 23.8. The molecule has 2 atom stereocenters. The van der Waals surface area contributed by atoms with Crippen LogP contribution in [0.2, 0.25) is 0 Å². The fourth-order valence-corrected chi connectivity index (χ4v) is 4.81. The van der Waals surface area contributed by atoms with Crippen LogP contribution in [0, 0.1) is 0 Å². The van der Waals surface area contributed by atoms with Gasteiger partial charge >= 0.3 is 6.03 Å². The summed E-state index contributed by atoms with van der Waals surface area (Å²) in [6.45, 7) is 0.631. The van der Waals surface area contributed by atoms with E-state index in [1.807, 2.05) is 95.6 Å². The molecule has 1 unspecified atom stereocenters. The van der Waals surface area contributed by atoms with Crippen LogP contribution in [0.4, 0.5) is 10.5 Å². The fourth-order valence-electron chi connectivity index (χ4n) is 4.81. The van der Waals surface area contributed by atoms with Crippen LogP contribution in [0.15, 0.2) is 91.0 Å². The number of amides is 2. The van der Waals surface area contributed by atoms with Crippen molar-refractivity contribution < 1.29 is 15.0 Å². The Labute approximate surface area is 210 Å². The van der Waals surface area contributed by atoms with Gasteiger partial charge in [0.15, 0.2) is 0 Å². The third-order valence-electron chi connectivity index (χ3n) is 6.81. The summed E-state index contributed by atoms with van der Waals surface area (Å²) in [5, 5.41) is 21.6. The molecule has 0 fully saturated rings. The number of carbonyl (C=O) groups is 1. The van der Waals surface area contributed by atoms with Crippen LogP contribution in [-0.4, -0.2) is 50.4 Å². The Morgan fingerprint density at radius 2 is 1.61 bits per heavy atom. The highest BCUT2D eigenvalue weighted by Gasteiger charge is 2.36. The summed E-state index contributed by atoms with van der Waals surface area (Å²) in [5.41, 5.74) is 4.30. The molecule has 3 aromatic carbocycles. The van der Waals surface area contributed by atoms with Crippen molar-refractivity contribution in [1.29, 1.82) is 0 Å². The van der Waals surface area contributed by atoms with Crippen LogP contribution in [0.1, 0.15) is 34.4 Å². The first-order chi connectivity index (χ1) is 17.6. The van der Waals surface area contributed by atoms with Crippen molar-refractivity contribution in [2.75, 3.05) is 18.6 Å². The zero-order chi connectivity index (χ0) is 25.1. The van der Waals surface area contributed by atoms with E-state index >= 15 is 0 Å². The Bertz CT molecular complexity index is 1310. The minimum atomic E-state index is -0.913. The third kappa shape index (κ3) is 4.63. The lowest BCUT2D eigenvalue weighted by Crippen LogP contribution is -2.51. The first-order valence-corrected chi connectivity index (χ1v) is 12.1. The van der Waals surface area contributed by atoms with Gasteiger partial charge in [-0.3, -0.25) is 4.90 Å². The molecule has 2 heterocycles. The number of anilines is 1. The molecule has 4 aromatic rings. The quantitative estimate of drug-likeness (QED) is 0.436. The van der Waals surface area contributed by atoms with E-state index in [2.05, 4.69) is 0 Å². The molecule has 0 radical (unpaired) electrons. The van der Waals surface area contributed by atoms with Gasteiger partial charge < -0.3 is 19.7 Å². The Morgan fingerprint density at radius 3 is 2.25 bits per heavy atom. The van der Waals surface area contributed by atoms with Crippen LogP contribution < -0.4 is 4.90 Å². The predicted octanol–water partition coefficient (Wildman–Crippen LogP) is 3.99. The average Bonchev–Trinajstić information content (AvgIpc) is 3.29. The van der Waals surface area contributed by atoms with Gasteiger partial charge in [-0.2, -0.15) is 0 Å². The minimum Gasteiger partial charge on any atom is -0.394 e. The molecule has 0 saturated heterocycles. The fraction of sp³-hybridized carbons (Fsp3) is 0.241. The maximum Gasteiger partial charge on any atom is 0.324 e. The van der Waals surface area contributed by atoms with Gasteiger partial charge in [0.1, 0.15) is 11.9 Å². The molecule has 0 saturated carbocycles. The van der Waals surface area contributed by atoms with Gasteiger partial charge in [0.2, 0.25) is 0 Å². The molecular weight excluding hydrogens is 452 g/mol. The molecule has 0 bridgehead atoms. The zero-order valence-electron chi connectivity index (χ0n) is 20.2. The predicted molar refractivity (Wildman–Crippen MR) is 139 cm³/mol. The van der Waals surface area contributed by atoms with E-state index in [-0.39, 0.29) is 19.2 Å². The number of fused-ring (bicyclic) bond motifs is 1. The topological polar surface area (TPSA) is 81.8 Å². The van der Waals surface area contributed by atoms with E-state index in [4.69, 9.17) is 4.98 Å².